The van der Waals surface area contributed by atoms with Gasteiger partial charge in [0.25, 0.3) is 0 Å². The molecule has 2 heterocycles. The van der Waals surface area contributed by atoms with Gasteiger partial charge in [-0.2, -0.15) is 5.26 Å². The first-order valence-electron chi connectivity index (χ1n) is 10.3. The number of piperidine rings is 1. The molecule has 1 aromatic carbocycles. The molecule has 6 nitrogen and oxygen atoms in total. The van der Waals surface area contributed by atoms with Crippen LogP contribution in [0.15, 0.2) is 29.8 Å². The van der Waals surface area contributed by atoms with Crippen molar-refractivity contribution in [1.82, 2.24) is 14.8 Å². The second-order valence-corrected chi connectivity index (χ2v) is 8.73. The van der Waals surface area contributed by atoms with Crippen molar-refractivity contribution < 1.29 is 9.53 Å². The number of Topliss-reactive ketones (excluding diaryl/α,β-unsaturated/α-hetero) is 1. The topological polar surface area (TPSA) is 72.4 Å². The van der Waals surface area contributed by atoms with Gasteiger partial charge in [-0.3, -0.25) is 4.79 Å². The average Bonchev–Trinajstić information content (AvgIpc) is 3.11. The van der Waals surface area contributed by atoms with Gasteiger partial charge in [0.1, 0.15) is 17.9 Å². The third kappa shape index (κ3) is 5.23. The van der Waals surface area contributed by atoms with E-state index in [4.69, 9.17) is 16.3 Å². The molecule has 1 saturated heterocycles. The van der Waals surface area contributed by atoms with E-state index < -0.39 is 0 Å². The number of hydrogen-bond donors (Lipinski definition) is 1. The van der Waals surface area contributed by atoms with E-state index in [1.807, 2.05) is 31.1 Å². The molecule has 1 N–H and O–H groups in total. The number of nitrogens with one attached hydrogen (secondary N) is 1. The molecule has 7 heteroatoms. The number of ether oxygens (including phenoxy) is 1. The molecule has 1 fully saturated rings. The zero-order valence-corrected chi connectivity index (χ0v) is 18.8. The van der Waals surface area contributed by atoms with Gasteiger partial charge in [-0.25, -0.2) is 0 Å². The summed E-state index contributed by atoms with van der Waals surface area (Å²) in [5.41, 5.74) is 1.24. The molecule has 3 rings (SSSR count). The van der Waals surface area contributed by atoms with Crippen molar-refractivity contribution >= 4 is 28.3 Å². The predicted octanol–water partition coefficient (Wildman–Crippen LogP) is 4.27. The molecular weight excluding hydrogens is 400 g/mol. The maximum atomic E-state index is 12.7. The number of likely N-dealkylation sites (tertiary alicyclic amines) is 1. The minimum atomic E-state index is -0.324. The Morgan fingerprint density at radius 1 is 1.37 bits per heavy atom. The summed E-state index contributed by atoms with van der Waals surface area (Å²) in [4.78, 5) is 20.2. The first kappa shape index (κ1) is 22.4. The number of hydrogen-bond acceptors (Lipinski definition) is 5. The molecular formula is C23H29ClN4O2. The molecule has 2 aromatic rings. The SMILES string of the molecule is CC(C)N1CCC(Oc2cc3cc(C(=O)/C(C#N)=C/CN(C)C)[nH]c3cc2Cl)CC1. The molecule has 1 aliphatic rings. The van der Waals surface area contributed by atoms with E-state index in [0.717, 1.165) is 36.8 Å². The molecule has 0 radical (unpaired) electrons. The van der Waals surface area contributed by atoms with Crippen molar-refractivity contribution in [1.29, 1.82) is 5.26 Å². The maximum Gasteiger partial charge on any atom is 0.219 e. The summed E-state index contributed by atoms with van der Waals surface area (Å²) in [6, 6.07) is 7.95. The fraction of sp³-hybridized carbons (Fsp3) is 0.478. The van der Waals surface area contributed by atoms with Crippen LogP contribution in [0.5, 0.6) is 5.75 Å². The summed E-state index contributed by atoms with van der Waals surface area (Å²) in [7, 11) is 3.77. The van der Waals surface area contributed by atoms with Gasteiger partial charge in [0, 0.05) is 36.6 Å². The van der Waals surface area contributed by atoms with Crippen LogP contribution in [0.3, 0.4) is 0 Å². The first-order valence-corrected chi connectivity index (χ1v) is 10.7. The van der Waals surface area contributed by atoms with Gasteiger partial charge in [0.05, 0.1) is 16.3 Å². The number of halogens is 1. The molecule has 0 aliphatic carbocycles. The van der Waals surface area contributed by atoms with Gasteiger partial charge in [-0.15, -0.1) is 0 Å². The van der Waals surface area contributed by atoms with E-state index >= 15 is 0 Å². The second-order valence-electron chi connectivity index (χ2n) is 8.32. The number of benzene rings is 1. The van der Waals surface area contributed by atoms with E-state index in [0.29, 0.717) is 29.1 Å². The minimum Gasteiger partial charge on any atom is -0.489 e. The molecule has 160 valence electrons. The predicted molar refractivity (Wildman–Crippen MR) is 120 cm³/mol. The molecule has 1 aliphatic heterocycles. The lowest BCUT2D eigenvalue weighted by Crippen LogP contribution is -2.41. The van der Waals surface area contributed by atoms with E-state index in [2.05, 4.69) is 23.7 Å². The number of rotatable bonds is 7. The number of allylic oxidation sites excluding steroid dienone is 1. The Hall–Kier alpha value is -2.33. The molecule has 0 amide bonds. The van der Waals surface area contributed by atoms with Crippen molar-refractivity contribution in [3.63, 3.8) is 0 Å². The van der Waals surface area contributed by atoms with Crippen LogP contribution in [0.2, 0.25) is 5.02 Å². The summed E-state index contributed by atoms with van der Waals surface area (Å²) >= 11 is 6.46. The highest BCUT2D eigenvalue weighted by Crippen LogP contribution is 2.33. The number of carbonyl (C=O) groups is 1. The number of nitrogens with zero attached hydrogens (tertiary/aromatic N) is 3. The number of fused-ring (bicyclic) bond motifs is 1. The highest BCUT2D eigenvalue weighted by Gasteiger charge is 2.23. The second kappa shape index (κ2) is 9.65. The van der Waals surface area contributed by atoms with Crippen LogP contribution in [-0.2, 0) is 0 Å². The van der Waals surface area contributed by atoms with E-state index in [1.54, 1.807) is 18.2 Å². The van der Waals surface area contributed by atoms with Crippen LogP contribution in [0.25, 0.3) is 10.9 Å². The van der Waals surface area contributed by atoms with Crippen molar-refractivity contribution in [3.05, 3.63) is 40.6 Å². The third-order valence-corrected chi connectivity index (χ3v) is 5.74. The van der Waals surface area contributed by atoms with Crippen LogP contribution in [0, 0.1) is 11.3 Å². The highest BCUT2D eigenvalue weighted by molar-refractivity contribution is 6.32. The summed E-state index contributed by atoms with van der Waals surface area (Å²) in [6.45, 7) is 6.98. The molecule has 0 saturated carbocycles. The normalized spacial score (nSPS) is 16.4. The van der Waals surface area contributed by atoms with Crippen molar-refractivity contribution in [3.8, 4) is 11.8 Å². The summed E-state index contributed by atoms with van der Waals surface area (Å²) in [5, 5.41) is 10.7. The van der Waals surface area contributed by atoms with E-state index in [1.165, 1.54) is 0 Å². The van der Waals surface area contributed by atoms with Crippen molar-refractivity contribution in [2.75, 3.05) is 33.7 Å². The third-order valence-electron chi connectivity index (χ3n) is 5.44. The zero-order chi connectivity index (χ0) is 21.8. The minimum absolute atomic E-state index is 0.120. The van der Waals surface area contributed by atoms with E-state index in [9.17, 15) is 10.1 Å². The summed E-state index contributed by atoms with van der Waals surface area (Å²) in [6.07, 6.45) is 3.70. The summed E-state index contributed by atoms with van der Waals surface area (Å²) < 4.78 is 6.20. The fourth-order valence-corrected chi connectivity index (χ4v) is 3.85. The van der Waals surface area contributed by atoms with Crippen LogP contribution in [-0.4, -0.2) is 66.4 Å². The Balaban J connectivity index is 1.77. The Morgan fingerprint density at radius 3 is 2.67 bits per heavy atom. The number of aromatic amines is 1. The fourth-order valence-electron chi connectivity index (χ4n) is 3.64. The first-order chi connectivity index (χ1) is 14.3. The maximum absolute atomic E-state index is 12.7. The van der Waals surface area contributed by atoms with Crippen molar-refractivity contribution in [2.45, 2.75) is 38.8 Å². The van der Waals surface area contributed by atoms with Gasteiger partial charge in [0.15, 0.2) is 0 Å². The van der Waals surface area contributed by atoms with E-state index in [-0.39, 0.29) is 17.5 Å². The van der Waals surface area contributed by atoms with Gasteiger partial charge >= 0.3 is 0 Å². The largest absolute Gasteiger partial charge is 0.489 e. The number of nitriles is 1. The number of carbonyl (C=O) groups excluding carboxylic acids is 1. The Kier molecular flexibility index (Phi) is 7.19. The average molecular weight is 429 g/mol. The Bertz CT molecular complexity index is 979. The summed E-state index contributed by atoms with van der Waals surface area (Å²) in [5.74, 6) is 0.309. The van der Waals surface area contributed by atoms with Gasteiger partial charge in [-0.1, -0.05) is 11.6 Å². The number of ketones is 1. The molecule has 0 spiro atoms. The number of aromatic nitrogens is 1. The van der Waals surface area contributed by atoms with Gasteiger partial charge in [-0.05, 0) is 65.1 Å². The quantitative estimate of drug-likeness (QED) is 0.405. The number of likely N-dealkylation sites (N-methyl/N-ethyl adjacent to an activating group) is 1. The smallest absolute Gasteiger partial charge is 0.219 e. The monoisotopic (exact) mass is 428 g/mol. The van der Waals surface area contributed by atoms with Crippen molar-refractivity contribution in [2.24, 2.45) is 0 Å². The molecule has 30 heavy (non-hydrogen) atoms. The molecule has 0 atom stereocenters. The van der Waals surface area contributed by atoms with Gasteiger partial charge in [0.2, 0.25) is 5.78 Å². The van der Waals surface area contributed by atoms with Crippen LogP contribution in [0.1, 0.15) is 37.2 Å². The number of H-pyrrole nitrogens is 1. The zero-order valence-electron chi connectivity index (χ0n) is 18.0. The highest BCUT2D eigenvalue weighted by atomic mass is 35.5. The van der Waals surface area contributed by atoms with Crippen LogP contribution in [0.4, 0.5) is 0 Å². The molecule has 0 unspecified atom stereocenters. The standard InChI is InChI=1S/C23H29ClN4O2/c1-15(2)28-9-6-18(7-10-28)30-22-12-17-11-21(26-20(17)13-19(22)24)23(29)16(14-25)5-8-27(3)4/h5,11-13,15,18,26H,6-10H2,1-4H3/b16-5+. The molecule has 0 bridgehead atoms. The van der Waals surface area contributed by atoms with Crippen LogP contribution >= 0.6 is 11.6 Å². The molecule has 1 aromatic heterocycles. The van der Waals surface area contributed by atoms with Crippen LogP contribution < -0.4 is 4.74 Å². The lowest BCUT2D eigenvalue weighted by Gasteiger charge is -2.34. The Labute approximate surface area is 183 Å². The lowest BCUT2D eigenvalue weighted by atomic mass is 10.1. The lowest BCUT2D eigenvalue weighted by molar-refractivity contribution is 0.0844. The Morgan fingerprint density at radius 2 is 2.07 bits per heavy atom. The van der Waals surface area contributed by atoms with Gasteiger partial charge < -0.3 is 19.5 Å².